The van der Waals surface area contributed by atoms with Crippen LogP contribution >= 0.6 is 0 Å². The Kier molecular flexibility index (Phi) is 6.05. The lowest BCUT2D eigenvalue weighted by molar-refractivity contribution is -0.274. The molecule has 118 valence electrons. The molecule has 0 N–H and O–H groups in total. The van der Waals surface area contributed by atoms with Gasteiger partial charge in [-0.2, -0.15) is 0 Å². The Morgan fingerprint density at radius 3 is 2.52 bits per heavy atom. The number of halogens is 3. The van der Waals surface area contributed by atoms with Crippen molar-refractivity contribution in [2.45, 2.75) is 52.4 Å². The molecule has 1 amide bonds. The third-order valence-corrected chi connectivity index (χ3v) is 3.05. The van der Waals surface area contributed by atoms with Crippen LogP contribution in [0.2, 0.25) is 0 Å². The number of carbonyl (C=O) groups excluding carboxylic acids is 1. The molecule has 1 atom stereocenters. The van der Waals surface area contributed by atoms with Gasteiger partial charge in [-0.25, -0.2) is 0 Å². The Labute approximate surface area is 122 Å². The second-order valence-electron chi connectivity index (χ2n) is 4.80. The first-order valence-electron chi connectivity index (χ1n) is 6.96. The zero-order valence-electron chi connectivity index (χ0n) is 12.4. The van der Waals surface area contributed by atoms with Gasteiger partial charge >= 0.3 is 6.36 Å². The van der Waals surface area contributed by atoms with Gasteiger partial charge < -0.3 is 9.64 Å². The summed E-state index contributed by atoms with van der Waals surface area (Å²) in [6, 6.07) is 5.45. The first kappa shape index (κ1) is 17.3. The van der Waals surface area contributed by atoms with Gasteiger partial charge in [0.15, 0.2) is 0 Å². The van der Waals surface area contributed by atoms with Gasteiger partial charge in [-0.05, 0) is 25.5 Å². The Morgan fingerprint density at radius 1 is 1.33 bits per heavy atom. The fourth-order valence-electron chi connectivity index (χ4n) is 2.19. The van der Waals surface area contributed by atoms with Crippen LogP contribution in [0.25, 0.3) is 0 Å². The monoisotopic (exact) mass is 303 g/mol. The van der Waals surface area contributed by atoms with E-state index in [1.807, 2.05) is 13.8 Å². The van der Waals surface area contributed by atoms with Gasteiger partial charge in [0.2, 0.25) is 5.91 Å². The Balaban J connectivity index is 3.07. The number of amides is 1. The van der Waals surface area contributed by atoms with Crippen LogP contribution in [0.3, 0.4) is 0 Å². The summed E-state index contributed by atoms with van der Waals surface area (Å²) < 4.78 is 40.7. The topological polar surface area (TPSA) is 29.5 Å². The summed E-state index contributed by atoms with van der Waals surface area (Å²) in [6.45, 7) is 5.60. The van der Waals surface area contributed by atoms with Crippen LogP contribution in [0, 0.1) is 0 Å². The molecule has 0 spiro atoms. The third-order valence-electron chi connectivity index (χ3n) is 3.05. The molecule has 0 saturated carbocycles. The third kappa shape index (κ3) is 5.28. The second kappa shape index (κ2) is 7.33. The molecule has 0 radical (unpaired) electrons. The predicted molar refractivity (Wildman–Crippen MR) is 75.3 cm³/mol. The number of ether oxygens (including phenoxy) is 1. The van der Waals surface area contributed by atoms with E-state index >= 15 is 0 Å². The number of benzene rings is 1. The Hall–Kier alpha value is -1.72. The number of rotatable bonds is 6. The highest BCUT2D eigenvalue weighted by Crippen LogP contribution is 2.28. The maximum Gasteiger partial charge on any atom is 0.573 e. The predicted octanol–water partition coefficient (Wildman–Crippen LogP) is 4.52. The minimum absolute atomic E-state index is 0.0800. The second-order valence-corrected chi connectivity index (χ2v) is 4.80. The standard InChI is InChI=1S/C15H20F3NO2/c1-4-7-11(3)19(14(20)5-2)12-8-6-9-13(10-12)21-15(16,17)18/h6,8-11H,4-5,7H2,1-3H3. The highest BCUT2D eigenvalue weighted by atomic mass is 19.4. The summed E-state index contributed by atoms with van der Waals surface area (Å²) in [7, 11) is 0. The van der Waals surface area contributed by atoms with Crippen LogP contribution < -0.4 is 9.64 Å². The first-order chi connectivity index (χ1) is 9.78. The fourth-order valence-corrected chi connectivity index (χ4v) is 2.19. The highest BCUT2D eigenvalue weighted by Gasteiger charge is 2.31. The molecule has 1 rings (SSSR count). The molecule has 0 bridgehead atoms. The van der Waals surface area contributed by atoms with Crippen LogP contribution in [0.1, 0.15) is 40.0 Å². The average molecular weight is 303 g/mol. The van der Waals surface area contributed by atoms with Crippen molar-refractivity contribution in [3.05, 3.63) is 24.3 Å². The van der Waals surface area contributed by atoms with Crippen molar-refractivity contribution in [3.63, 3.8) is 0 Å². The SMILES string of the molecule is CCCC(C)N(C(=O)CC)c1cccc(OC(F)(F)F)c1. The van der Waals surface area contributed by atoms with E-state index in [0.29, 0.717) is 12.1 Å². The summed E-state index contributed by atoms with van der Waals surface area (Å²) in [6.07, 6.45) is -2.80. The quantitative estimate of drug-likeness (QED) is 0.773. The molecule has 0 aliphatic carbocycles. The van der Waals surface area contributed by atoms with Gasteiger partial charge in [-0.1, -0.05) is 26.3 Å². The number of alkyl halides is 3. The summed E-state index contributed by atoms with van der Waals surface area (Å²) in [5.41, 5.74) is 0.421. The van der Waals surface area contributed by atoms with Crippen LogP contribution in [0.5, 0.6) is 5.75 Å². The van der Waals surface area contributed by atoms with E-state index < -0.39 is 6.36 Å². The molecule has 0 saturated heterocycles. The maximum atomic E-state index is 12.3. The molecule has 0 aromatic heterocycles. The van der Waals surface area contributed by atoms with E-state index in [1.54, 1.807) is 13.0 Å². The molecule has 1 unspecified atom stereocenters. The van der Waals surface area contributed by atoms with Crippen molar-refractivity contribution in [1.29, 1.82) is 0 Å². The van der Waals surface area contributed by atoms with Gasteiger partial charge in [-0.3, -0.25) is 4.79 Å². The number of carbonyl (C=O) groups is 1. The van der Waals surface area contributed by atoms with E-state index in [0.717, 1.165) is 12.8 Å². The van der Waals surface area contributed by atoms with Crippen molar-refractivity contribution in [2.75, 3.05) is 4.90 Å². The van der Waals surface area contributed by atoms with Crippen LogP contribution in [0.15, 0.2) is 24.3 Å². The normalized spacial score (nSPS) is 12.9. The van der Waals surface area contributed by atoms with Crippen LogP contribution in [-0.4, -0.2) is 18.3 Å². The molecule has 0 aliphatic heterocycles. The number of hydrogen-bond acceptors (Lipinski definition) is 2. The van der Waals surface area contributed by atoms with Gasteiger partial charge in [0, 0.05) is 24.2 Å². The maximum absolute atomic E-state index is 12.3. The Morgan fingerprint density at radius 2 is 2.00 bits per heavy atom. The summed E-state index contributed by atoms with van der Waals surface area (Å²) in [5.74, 6) is -0.447. The fraction of sp³-hybridized carbons (Fsp3) is 0.533. The summed E-state index contributed by atoms with van der Waals surface area (Å²) in [4.78, 5) is 13.6. The van der Waals surface area contributed by atoms with Crippen LogP contribution in [0.4, 0.5) is 18.9 Å². The van der Waals surface area contributed by atoms with E-state index in [9.17, 15) is 18.0 Å². The van der Waals surface area contributed by atoms with Gasteiger partial charge in [0.05, 0.1) is 0 Å². The van der Waals surface area contributed by atoms with E-state index in [4.69, 9.17) is 0 Å². The van der Waals surface area contributed by atoms with E-state index in [2.05, 4.69) is 4.74 Å². The lowest BCUT2D eigenvalue weighted by atomic mass is 10.1. The van der Waals surface area contributed by atoms with Gasteiger partial charge in [0.1, 0.15) is 5.75 Å². The van der Waals surface area contributed by atoms with Crippen LogP contribution in [-0.2, 0) is 4.79 Å². The molecule has 0 heterocycles. The molecule has 1 aromatic carbocycles. The zero-order valence-corrected chi connectivity index (χ0v) is 12.4. The van der Waals surface area contributed by atoms with E-state index in [-0.39, 0.29) is 17.7 Å². The molecular weight excluding hydrogens is 283 g/mol. The molecule has 6 heteroatoms. The van der Waals surface area contributed by atoms with Gasteiger partial charge in [0.25, 0.3) is 0 Å². The lowest BCUT2D eigenvalue weighted by Crippen LogP contribution is -2.38. The number of hydrogen-bond donors (Lipinski definition) is 0. The van der Waals surface area contributed by atoms with E-state index in [1.165, 1.54) is 23.1 Å². The average Bonchev–Trinajstić information content (AvgIpc) is 2.37. The van der Waals surface area contributed by atoms with Crippen molar-refractivity contribution in [3.8, 4) is 5.75 Å². The van der Waals surface area contributed by atoms with Gasteiger partial charge in [-0.15, -0.1) is 13.2 Å². The molecule has 0 fully saturated rings. The molecule has 3 nitrogen and oxygen atoms in total. The molecule has 21 heavy (non-hydrogen) atoms. The lowest BCUT2D eigenvalue weighted by Gasteiger charge is -2.29. The largest absolute Gasteiger partial charge is 0.573 e. The summed E-state index contributed by atoms with van der Waals surface area (Å²) >= 11 is 0. The zero-order chi connectivity index (χ0) is 16.0. The molecule has 0 aliphatic rings. The van der Waals surface area contributed by atoms with Crippen molar-refractivity contribution >= 4 is 11.6 Å². The smallest absolute Gasteiger partial charge is 0.406 e. The molecular formula is C15H20F3NO2. The highest BCUT2D eigenvalue weighted by molar-refractivity contribution is 5.93. The molecule has 1 aromatic rings. The summed E-state index contributed by atoms with van der Waals surface area (Å²) in [5, 5.41) is 0. The minimum Gasteiger partial charge on any atom is -0.406 e. The van der Waals surface area contributed by atoms with Crippen molar-refractivity contribution in [1.82, 2.24) is 0 Å². The number of anilines is 1. The Bertz CT molecular complexity index is 474. The van der Waals surface area contributed by atoms with Crippen molar-refractivity contribution in [2.24, 2.45) is 0 Å². The number of nitrogens with zero attached hydrogens (tertiary/aromatic N) is 1. The van der Waals surface area contributed by atoms with Crippen molar-refractivity contribution < 1.29 is 22.7 Å². The minimum atomic E-state index is -4.74. The first-order valence-corrected chi connectivity index (χ1v) is 6.96.